The van der Waals surface area contributed by atoms with E-state index in [1.165, 1.54) is 23.1 Å². The van der Waals surface area contributed by atoms with E-state index >= 15 is 0 Å². The second kappa shape index (κ2) is 16.3. The second-order valence-corrected chi connectivity index (χ2v) is 14.0. The number of unbranched alkanes of at least 4 members (excludes halogenated alkanes) is 1. The summed E-state index contributed by atoms with van der Waals surface area (Å²) in [6.45, 7) is 1.91. The van der Waals surface area contributed by atoms with Crippen LogP contribution < -0.4 is 9.62 Å². The van der Waals surface area contributed by atoms with Crippen molar-refractivity contribution in [1.29, 1.82) is 0 Å². The normalized spacial score (nSPS) is 11.9. The molecule has 0 saturated carbocycles. The lowest BCUT2D eigenvalue weighted by Gasteiger charge is -2.34. The molecule has 4 aromatic carbocycles. The molecule has 0 heterocycles. The molecule has 0 radical (unpaired) electrons. The zero-order valence-corrected chi connectivity index (χ0v) is 28.6. The highest BCUT2D eigenvalue weighted by molar-refractivity contribution is 9.10. The Labute approximate surface area is 283 Å². The van der Waals surface area contributed by atoms with Crippen LogP contribution in [0.3, 0.4) is 0 Å². The molecule has 45 heavy (non-hydrogen) atoms. The van der Waals surface area contributed by atoms with E-state index in [4.69, 9.17) is 23.2 Å². The predicted octanol–water partition coefficient (Wildman–Crippen LogP) is 7.51. The van der Waals surface area contributed by atoms with Gasteiger partial charge in [-0.15, -0.1) is 0 Å². The van der Waals surface area contributed by atoms with Crippen LogP contribution in [-0.2, 0) is 32.6 Å². The third kappa shape index (κ3) is 9.10. The summed E-state index contributed by atoms with van der Waals surface area (Å²) in [6.07, 6.45) is 1.89. The molecule has 1 atom stereocenters. The molecule has 236 valence electrons. The number of nitrogens with one attached hydrogen (secondary N) is 1. The first-order valence-corrected chi connectivity index (χ1v) is 17.5. The van der Waals surface area contributed by atoms with Gasteiger partial charge in [-0.1, -0.05) is 119 Å². The van der Waals surface area contributed by atoms with Gasteiger partial charge >= 0.3 is 0 Å². The van der Waals surface area contributed by atoms with Crippen molar-refractivity contribution < 1.29 is 18.0 Å². The van der Waals surface area contributed by atoms with Gasteiger partial charge in [0.15, 0.2) is 0 Å². The van der Waals surface area contributed by atoms with Crippen molar-refractivity contribution in [3.63, 3.8) is 0 Å². The number of amides is 2. The average molecular weight is 732 g/mol. The van der Waals surface area contributed by atoms with E-state index in [1.807, 2.05) is 61.5 Å². The van der Waals surface area contributed by atoms with Gasteiger partial charge in [0.1, 0.15) is 12.6 Å². The smallest absolute Gasteiger partial charge is 0.264 e. The van der Waals surface area contributed by atoms with Gasteiger partial charge in [0.25, 0.3) is 10.0 Å². The second-order valence-electron chi connectivity index (χ2n) is 10.4. The molecule has 0 aliphatic carbocycles. The molecule has 4 aromatic rings. The Hall–Kier alpha value is -3.37. The van der Waals surface area contributed by atoms with E-state index in [0.29, 0.717) is 6.54 Å². The SMILES string of the molecule is CCCCNC(=O)[C@H](Cc1ccccc1)N(Cc1cccc(Br)c1)C(=O)CN(c1cccc(Cl)c1Cl)S(=O)(=O)c1ccccc1. The van der Waals surface area contributed by atoms with Gasteiger partial charge in [-0.05, 0) is 53.9 Å². The van der Waals surface area contributed by atoms with Crippen molar-refractivity contribution in [2.24, 2.45) is 0 Å². The van der Waals surface area contributed by atoms with Crippen molar-refractivity contribution in [1.82, 2.24) is 10.2 Å². The highest BCUT2D eigenvalue weighted by atomic mass is 79.9. The largest absolute Gasteiger partial charge is 0.354 e. The van der Waals surface area contributed by atoms with Crippen molar-refractivity contribution in [3.8, 4) is 0 Å². The molecule has 0 aliphatic rings. The molecule has 0 aliphatic heterocycles. The minimum atomic E-state index is -4.29. The fourth-order valence-corrected chi connectivity index (χ4v) is 7.15. The molecule has 7 nitrogen and oxygen atoms in total. The molecular weight excluding hydrogens is 697 g/mol. The quantitative estimate of drug-likeness (QED) is 0.136. The maximum atomic E-state index is 14.5. The zero-order chi connectivity index (χ0) is 32.4. The number of halogens is 3. The number of benzene rings is 4. The highest BCUT2D eigenvalue weighted by Gasteiger charge is 2.35. The van der Waals surface area contributed by atoms with E-state index in [2.05, 4.69) is 21.2 Å². The summed E-state index contributed by atoms with van der Waals surface area (Å²) in [5.74, 6) is -0.911. The van der Waals surface area contributed by atoms with Gasteiger partial charge in [0.05, 0.1) is 20.6 Å². The standard InChI is InChI=1S/C34H34BrCl2N3O4S/c1-2-3-20-38-34(42)31(22-25-12-6-4-7-13-25)39(23-26-14-10-15-27(35)21-26)32(41)24-40(30-19-11-18-29(36)33(30)37)45(43,44)28-16-8-5-9-17-28/h4-19,21,31H,2-3,20,22-24H2,1H3,(H,38,42)/t31-/m0/s1. The van der Waals surface area contributed by atoms with Crippen LogP contribution >= 0.6 is 39.1 Å². The van der Waals surface area contributed by atoms with E-state index in [1.54, 1.807) is 30.3 Å². The lowest BCUT2D eigenvalue weighted by Crippen LogP contribution is -2.53. The summed E-state index contributed by atoms with van der Waals surface area (Å²) in [6, 6.07) is 28.3. The molecule has 2 amide bonds. The minimum absolute atomic E-state index is 0.0110. The number of hydrogen-bond donors (Lipinski definition) is 1. The van der Waals surface area contributed by atoms with Crippen LogP contribution in [-0.4, -0.2) is 44.3 Å². The third-order valence-electron chi connectivity index (χ3n) is 7.15. The molecule has 0 fully saturated rings. The van der Waals surface area contributed by atoms with Gasteiger partial charge in [-0.3, -0.25) is 13.9 Å². The first-order chi connectivity index (χ1) is 21.6. The molecule has 0 aromatic heterocycles. The van der Waals surface area contributed by atoms with Crippen LogP contribution in [0.25, 0.3) is 0 Å². The van der Waals surface area contributed by atoms with Crippen molar-refractivity contribution in [2.75, 3.05) is 17.4 Å². The van der Waals surface area contributed by atoms with E-state index < -0.39 is 28.5 Å². The molecular formula is C34H34BrCl2N3O4S. The molecule has 11 heteroatoms. The van der Waals surface area contributed by atoms with E-state index in [9.17, 15) is 18.0 Å². The lowest BCUT2D eigenvalue weighted by atomic mass is 10.0. The highest BCUT2D eigenvalue weighted by Crippen LogP contribution is 2.35. The molecule has 0 unspecified atom stereocenters. The Bertz CT molecular complexity index is 1710. The van der Waals surface area contributed by atoms with Crippen LogP contribution in [0.2, 0.25) is 10.0 Å². The van der Waals surface area contributed by atoms with E-state index in [0.717, 1.165) is 32.7 Å². The maximum Gasteiger partial charge on any atom is 0.264 e. The van der Waals surface area contributed by atoms with Gasteiger partial charge < -0.3 is 10.2 Å². The zero-order valence-electron chi connectivity index (χ0n) is 24.7. The number of nitrogens with zero attached hydrogens (tertiary/aromatic N) is 2. The van der Waals surface area contributed by atoms with Gasteiger partial charge in [0.2, 0.25) is 11.8 Å². The Morgan fingerprint density at radius 1 is 0.867 bits per heavy atom. The number of anilines is 1. The number of carbonyl (C=O) groups excluding carboxylic acids is 2. The van der Waals surface area contributed by atoms with Crippen LogP contribution in [0.1, 0.15) is 30.9 Å². The Morgan fingerprint density at radius 3 is 2.18 bits per heavy atom. The van der Waals surface area contributed by atoms with Crippen molar-refractivity contribution in [2.45, 2.75) is 43.7 Å². The summed E-state index contributed by atoms with van der Waals surface area (Å²) in [5, 5.41) is 3.11. The molecule has 0 bridgehead atoms. The van der Waals surface area contributed by atoms with Crippen LogP contribution in [0.4, 0.5) is 5.69 Å². The van der Waals surface area contributed by atoms with Gasteiger partial charge in [0, 0.05) is 24.0 Å². The maximum absolute atomic E-state index is 14.5. The van der Waals surface area contributed by atoms with Crippen molar-refractivity contribution in [3.05, 3.63) is 129 Å². The summed E-state index contributed by atoms with van der Waals surface area (Å²) in [4.78, 5) is 29.7. The summed E-state index contributed by atoms with van der Waals surface area (Å²) < 4.78 is 30.0. The Balaban J connectivity index is 1.81. The average Bonchev–Trinajstić information content (AvgIpc) is 3.04. The fraction of sp³-hybridized carbons (Fsp3) is 0.235. The van der Waals surface area contributed by atoms with Crippen molar-refractivity contribution >= 4 is 66.7 Å². The van der Waals surface area contributed by atoms with Crippen LogP contribution in [0.15, 0.2) is 112 Å². The minimum Gasteiger partial charge on any atom is -0.354 e. The first-order valence-electron chi connectivity index (χ1n) is 14.5. The summed E-state index contributed by atoms with van der Waals surface area (Å²) in [7, 11) is -4.29. The summed E-state index contributed by atoms with van der Waals surface area (Å²) >= 11 is 16.4. The predicted molar refractivity (Wildman–Crippen MR) is 184 cm³/mol. The monoisotopic (exact) mass is 729 g/mol. The number of rotatable bonds is 14. The molecule has 1 N–H and O–H groups in total. The van der Waals surface area contributed by atoms with Crippen LogP contribution in [0, 0.1) is 0 Å². The molecule has 0 spiro atoms. The summed E-state index contributed by atoms with van der Waals surface area (Å²) in [5.41, 5.74) is 1.66. The van der Waals surface area contributed by atoms with E-state index in [-0.39, 0.29) is 39.5 Å². The Morgan fingerprint density at radius 2 is 1.51 bits per heavy atom. The lowest BCUT2D eigenvalue weighted by molar-refractivity contribution is -0.140. The number of hydrogen-bond acceptors (Lipinski definition) is 4. The fourth-order valence-electron chi connectivity index (χ4n) is 4.81. The van der Waals surface area contributed by atoms with Crippen LogP contribution in [0.5, 0.6) is 0 Å². The van der Waals surface area contributed by atoms with Gasteiger partial charge in [-0.25, -0.2) is 8.42 Å². The number of carbonyl (C=O) groups is 2. The topological polar surface area (TPSA) is 86.8 Å². The van der Waals surface area contributed by atoms with Gasteiger partial charge in [-0.2, -0.15) is 0 Å². The molecule has 4 rings (SSSR count). The number of sulfonamides is 1. The first kappa shape index (κ1) is 34.5. The molecule has 0 saturated heterocycles. The third-order valence-corrected chi connectivity index (χ3v) is 10.2. The Kier molecular flexibility index (Phi) is 12.5.